The normalized spacial score (nSPS) is 18.1. The number of pyridine rings is 1. The van der Waals surface area contributed by atoms with Crippen molar-refractivity contribution in [1.82, 2.24) is 15.6 Å². The molecule has 4 rings (SSSR count). The van der Waals surface area contributed by atoms with Gasteiger partial charge in [0.25, 0.3) is 0 Å². The molecule has 1 fully saturated rings. The maximum absolute atomic E-state index is 13.2. The van der Waals surface area contributed by atoms with Crippen LogP contribution in [0.3, 0.4) is 0 Å². The molecule has 1 atom stereocenters. The lowest BCUT2D eigenvalue weighted by molar-refractivity contribution is -0.123. The van der Waals surface area contributed by atoms with Gasteiger partial charge in [-0.3, -0.25) is 9.78 Å². The number of fused-ring (bicyclic) bond motifs is 1. The topological polar surface area (TPSA) is 54.0 Å². The van der Waals surface area contributed by atoms with Crippen molar-refractivity contribution in [3.05, 3.63) is 64.5 Å². The van der Waals surface area contributed by atoms with Gasteiger partial charge in [0, 0.05) is 25.0 Å². The second kappa shape index (κ2) is 8.22. The number of nitrogens with one attached hydrogen (secondary N) is 2. The number of rotatable bonds is 5. The summed E-state index contributed by atoms with van der Waals surface area (Å²) in [5.41, 5.74) is 6.04. The van der Waals surface area contributed by atoms with E-state index in [-0.39, 0.29) is 11.8 Å². The predicted molar refractivity (Wildman–Crippen MR) is 107 cm³/mol. The Balaban J connectivity index is 1.54. The second-order valence-corrected chi connectivity index (χ2v) is 7.90. The molecule has 2 heterocycles. The van der Waals surface area contributed by atoms with Gasteiger partial charge in [0.1, 0.15) is 0 Å². The molecule has 1 aliphatic carbocycles. The van der Waals surface area contributed by atoms with Crippen molar-refractivity contribution in [1.29, 1.82) is 0 Å². The summed E-state index contributed by atoms with van der Waals surface area (Å²) in [6.07, 6.45) is 7.77. The van der Waals surface area contributed by atoms with Crippen molar-refractivity contribution >= 4 is 5.91 Å². The van der Waals surface area contributed by atoms with Crippen LogP contribution in [0.2, 0.25) is 0 Å². The Morgan fingerprint density at radius 1 is 1.26 bits per heavy atom. The lowest BCUT2D eigenvalue weighted by Gasteiger charge is -2.25. The number of amides is 1. The van der Waals surface area contributed by atoms with E-state index in [9.17, 15) is 4.79 Å². The lowest BCUT2D eigenvalue weighted by Crippen LogP contribution is -2.34. The molecule has 2 N–H and O–H groups in total. The summed E-state index contributed by atoms with van der Waals surface area (Å²) >= 11 is 0. The fourth-order valence-corrected chi connectivity index (χ4v) is 4.75. The fraction of sp³-hybridized carbons (Fsp3) is 0.478. The molecule has 0 spiro atoms. The molecule has 142 valence electrons. The molecular weight excluding hydrogens is 334 g/mol. The van der Waals surface area contributed by atoms with Gasteiger partial charge in [-0.05, 0) is 60.9 Å². The van der Waals surface area contributed by atoms with E-state index < -0.39 is 0 Å². The van der Waals surface area contributed by atoms with Gasteiger partial charge in [0.2, 0.25) is 5.91 Å². The maximum atomic E-state index is 13.2. The lowest BCUT2D eigenvalue weighted by atomic mass is 9.84. The number of hydrogen-bond donors (Lipinski definition) is 2. The first kappa shape index (κ1) is 18.2. The molecule has 0 unspecified atom stereocenters. The smallest absolute Gasteiger partial charge is 0.228 e. The Labute approximate surface area is 161 Å². The first-order valence-corrected chi connectivity index (χ1v) is 10.2. The van der Waals surface area contributed by atoms with Gasteiger partial charge < -0.3 is 10.6 Å². The molecule has 1 saturated carbocycles. The van der Waals surface area contributed by atoms with Gasteiger partial charge in [-0.2, -0.15) is 0 Å². The molecule has 1 aliphatic heterocycles. The third-order valence-electron chi connectivity index (χ3n) is 6.22. The fourth-order valence-electron chi connectivity index (χ4n) is 4.75. The molecule has 27 heavy (non-hydrogen) atoms. The summed E-state index contributed by atoms with van der Waals surface area (Å²) in [5, 5.41) is 6.67. The molecular formula is C23H29N3O. The largest absolute Gasteiger partial charge is 0.351 e. The number of nitrogens with zero attached hydrogens (tertiary/aromatic N) is 1. The molecule has 0 bridgehead atoms. The van der Waals surface area contributed by atoms with Crippen LogP contribution in [0.1, 0.15) is 59.5 Å². The van der Waals surface area contributed by atoms with Crippen LogP contribution in [-0.4, -0.2) is 17.4 Å². The quantitative estimate of drug-likeness (QED) is 0.853. The van der Waals surface area contributed by atoms with Crippen molar-refractivity contribution in [3.63, 3.8) is 0 Å². The molecule has 0 radical (unpaired) electrons. The average Bonchev–Trinajstić information content (AvgIpc) is 3.22. The number of aromatic nitrogens is 1. The Hall–Kier alpha value is -2.20. The third-order valence-corrected chi connectivity index (χ3v) is 6.22. The monoisotopic (exact) mass is 363 g/mol. The Kier molecular flexibility index (Phi) is 5.53. The van der Waals surface area contributed by atoms with Gasteiger partial charge in [-0.25, -0.2) is 0 Å². The summed E-state index contributed by atoms with van der Waals surface area (Å²) < 4.78 is 0. The minimum Gasteiger partial charge on any atom is -0.351 e. The Morgan fingerprint density at radius 3 is 2.81 bits per heavy atom. The number of hydrogen-bond acceptors (Lipinski definition) is 3. The summed E-state index contributed by atoms with van der Waals surface area (Å²) in [6.45, 7) is 4.50. The van der Waals surface area contributed by atoms with Gasteiger partial charge in [0.05, 0.1) is 5.92 Å². The molecule has 1 aromatic heterocycles. The van der Waals surface area contributed by atoms with Gasteiger partial charge in [-0.1, -0.05) is 43.2 Å². The van der Waals surface area contributed by atoms with Crippen LogP contribution in [-0.2, 0) is 24.3 Å². The summed E-state index contributed by atoms with van der Waals surface area (Å²) in [6, 6.07) is 10.3. The van der Waals surface area contributed by atoms with E-state index in [2.05, 4.69) is 34.7 Å². The highest BCUT2D eigenvalue weighted by atomic mass is 16.1. The standard InChI is InChI=1S/C23H29N3O/c1-16-21(20-11-12-24-13-19(20)14-25-16)15-26-23(27)22(18-9-5-6-10-18)17-7-3-2-4-8-17/h2-4,7-8,14,18,22,24H,5-6,9-13,15H2,1H3,(H,26,27)/t22-/m0/s1. The van der Waals surface area contributed by atoms with Crippen LogP contribution in [0.5, 0.6) is 0 Å². The van der Waals surface area contributed by atoms with E-state index in [1.165, 1.54) is 29.5 Å². The zero-order valence-electron chi connectivity index (χ0n) is 16.1. The maximum Gasteiger partial charge on any atom is 0.228 e. The minimum atomic E-state index is -0.0387. The van der Waals surface area contributed by atoms with Crippen LogP contribution in [0.25, 0.3) is 0 Å². The molecule has 0 saturated heterocycles. The Bertz CT molecular complexity index is 797. The highest BCUT2D eigenvalue weighted by Gasteiger charge is 2.32. The van der Waals surface area contributed by atoms with E-state index in [0.717, 1.165) is 43.6 Å². The van der Waals surface area contributed by atoms with Crippen LogP contribution in [0, 0.1) is 12.8 Å². The molecule has 2 aliphatic rings. The molecule has 2 aromatic rings. The first-order chi connectivity index (χ1) is 13.2. The molecule has 1 aromatic carbocycles. The van der Waals surface area contributed by atoms with Crippen molar-refractivity contribution in [2.75, 3.05) is 6.54 Å². The van der Waals surface area contributed by atoms with Crippen molar-refractivity contribution in [3.8, 4) is 0 Å². The van der Waals surface area contributed by atoms with Crippen molar-refractivity contribution in [2.24, 2.45) is 5.92 Å². The number of carbonyl (C=O) groups excluding carboxylic acids is 1. The second-order valence-electron chi connectivity index (χ2n) is 7.90. The number of aryl methyl sites for hydroxylation is 1. The minimum absolute atomic E-state index is 0.0387. The van der Waals surface area contributed by atoms with Crippen LogP contribution < -0.4 is 10.6 Å². The van der Waals surface area contributed by atoms with Gasteiger partial charge >= 0.3 is 0 Å². The molecule has 4 nitrogen and oxygen atoms in total. The molecule has 1 amide bonds. The van der Waals surface area contributed by atoms with E-state index in [0.29, 0.717) is 12.5 Å². The van der Waals surface area contributed by atoms with E-state index in [1.807, 2.05) is 24.4 Å². The highest BCUT2D eigenvalue weighted by Crippen LogP contribution is 2.37. The summed E-state index contributed by atoms with van der Waals surface area (Å²) in [7, 11) is 0. The summed E-state index contributed by atoms with van der Waals surface area (Å²) in [4.78, 5) is 17.8. The summed E-state index contributed by atoms with van der Waals surface area (Å²) in [5.74, 6) is 0.586. The van der Waals surface area contributed by atoms with Crippen LogP contribution in [0.15, 0.2) is 36.5 Å². The van der Waals surface area contributed by atoms with Gasteiger partial charge in [0.15, 0.2) is 0 Å². The van der Waals surface area contributed by atoms with Crippen LogP contribution >= 0.6 is 0 Å². The SMILES string of the molecule is Cc1ncc2c(c1CNC(=O)[C@@H](c1ccccc1)C1CCCC1)CCNC2. The van der Waals surface area contributed by atoms with Gasteiger partial charge in [-0.15, -0.1) is 0 Å². The van der Waals surface area contributed by atoms with E-state index in [4.69, 9.17) is 0 Å². The highest BCUT2D eigenvalue weighted by molar-refractivity contribution is 5.84. The van der Waals surface area contributed by atoms with Crippen molar-refractivity contribution in [2.45, 2.75) is 58.0 Å². The predicted octanol–water partition coefficient (Wildman–Crippen LogP) is 3.63. The van der Waals surface area contributed by atoms with E-state index >= 15 is 0 Å². The van der Waals surface area contributed by atoms with Crippen LogP contribution in [0.4, 0.5) is 0 Å². The zero-order valence-corrected chi connectivity index (χ0v) is 16.1. The number of benzene rings is 1. The van der Waals surface area contributed by atoms with E-state index in [1.54, 1.807) is 0 Å². The van der Waals surface area contributed by atoms with Crippen molar-refractivity contribution < 1.29 is 4.79 Å². The average molecular weight is 364 g/mol. The zero-order chi connectivity index (χ0) is 18.6. The Morgan fingerprint density at radius 2 is 2.04 bits per heavy atom. The number of carbonyl (C=O) groups is 1. The third kappa shape index (κ3) is 3.91. The first-order valence-electron chi connectivity index (χ1n) is 10.2. The molecule has 4 heteroatoms.